The molecule has 2 aromatic heterocycles. The summed E-state index contributed by atoms with van der Waals surface area (Å²) in [6.45, 7) is 3.18. The largest absolute Gasteiger partial charge is 0.394 e. The molecule has 1 aliphatic rings. The van der Waals surface area contributed by atoms with Gasteiger partial charge in [-0.1, -0.05) is 23.2 Å². The Kier molecular flexibility index (Phi) is 7.02. The summed E-state index contributed by atoms with van der Waals surface area (Å²) in [7, 11) is 0. The molecule has 0 saturated heterocycles. The summed E-state index contributed by atoms with van der Waals surface area (Å²) in [4.78, 5) is 4.15. The van der Waals surface area contributed by atoms with Gasteiger partial charge >= 0.3 is 0 Å². The van der Waals surface area contributed by atoms with E-state index in [0.717, 1.165) is 18.5 Å². The molecule has 4 atom stereocenters. The molecule has 2 heterocycles. The molecule has 4 N–H and O–H groups in total. The molecule has 1 saturated carbocycles. The minimum absolute atomic E-state index is 0.215. The van der Waals surface area contributed by atoms with E-state index in [1.165, 1.54) is 5.56 Å². The van der Waals surface area contributed by atoms with Crippen molar-refractivity contribution in [1.29, 1.82) is 0 Å². The van der Waals surface area contributed by atoms with Crippen LogP contribution in [0.4, 0.5) is 0 Å². The third kappa shape index (κ3) is 5.64. The van der Waals surface area contributed by atoms with E-state index in [1.807, 2.05) is 16.7 Å². The van der Waals surface area contributed by atoms with Gasteiger partial charge in [0.05, 0.1) is 19.3 Å². The van der Waals surface area contributed by atoms with Gasteiger partial charge in [0.2, 0.25) is 5.76 Å². The molecule has 8 nitrogen and oxygen atoms in total. The number of rotatable bonds is 9. The lowest BCUT2D eigenvalue weighted by molar-refractivity contribution is 0.0943. The van der Waals surface area contributed by atoms with Crippen molar-refractivity contribution in [2.45, 2.75) is 38.0 Å². The molecule has 0 bridgehead atoms. The number of imidazole rings is 1. The van der Waals surface area contributed by atoms with Crippen molar-refractivity contribution in [2.75, 3.05) is 19.7 Å². The van der Waals surface area contributed by atoms with Crippen molar-refractivity contribution < 1.29 is 19.8 Å². The van der Waals surface area contributed by atoms with Crippen LogP contribution in [0.5, 0.6) is 0 Å². The van der Waals surface area contributed by atoms with Crippen LogP contribution in [0.1, 0.15) is 53.8 Å². The van der Waals surface area contributed by atoms with E-state index in [4.69, 9.17) is 9.63 Å². The van der Waals surface area contributed by atoms with Gasteiger partial charge in [-0.3, -0.25) is 0 Å². The maximum Gasteiger partial charge on any atom is 0.210 e. The van der Waals surface area contributed by atoms with Gasteiger partial charge in [-0.2, -0.15) is 0 Å². The second-order valence-corrected chi connectivity index (χ2v) is 8.24. The van der Waals surface area contributed by atoms with E-state index >= 15 is 0 Å². The SMILES string of the molecule is C[C@H](O)c1nccn1Cc1cc(C#Cc2ccc(C3CC3CNCC(O)CO)cc2)on1. The molecule has 1 aliphatic carbocycles. The smallest absolute Gasteiger partial charge is 0.210 e. The number of aliphatic hydroxyl groups is 3. The summed E-state index contributed by atoms with van der Waals surface area (Å²) in [6.07, 6.45) is 3.22. The fraction of sp³-hybridized carbons (Fsp3) is 0.417. The predicted molar refractivity (Wildman–Crippen MR) is 118 cm³/mol. The molecule has 3 unspecified atom stereocenters. The van der Waals surface area contributed by atoms with Crippen LogP contribution in [0.3, 0.4) is 0 Å². The molecule has 32 heavy (non-hydrogen) atoms. The second-order valence-electron chi connectivity index (χ2n) is 8.24. The molecule has 0 aliphatic heterocycles. The van der Waals surface area contributed by atoms with Gasteiger partial charge in [-0.15, -0.1) is 0 Å². The quantitative estimate of drug-likeness (QED) is 0.375. The van der Waals surface area contributed by atoms with E-state index < -0.39 is 12.2 Å². The first kappa shape index (κ1) is 22.2. The molecular weight excluding hydrogens is 408 g/mol. The highest BCUT2D eigenvalue weighted by atomic mass is 16.5. The normalized spacial score (nSPS) is 19.2. The fourth-order valence-electron chi connectivity index (χ4n) is 3.77. The van der Waals surface area contributed by atoms with Crippen LogP contribution in [0, 0.1) is 17.8 Å². The Labute approximate surface area is 186 Å². The van der Waals surface area contributed by atoms with Crippen LogP contribution >= 0.6 is 0 Å². The Hall–Kier alpha value is -2.96. The number of nitrogens with one attached hydrogen (secondary N) is 1. The zero-order chi connectivity index (χ0) is 22.5. The number of hydrogen-bond donors (Lipinski definition) is 4. The number of aliphatic hydroxyl groups excluding tert-OH is 3. The molecule has 1 aromatic carbocycles. The summed E-state index contributed by atoms with van der Waals surface area (Å²) in [5.41, 5.74) is 2.91. The molecule has 0 amide bonds. The van der Waals surface area contributed by atoms with Crippen LogP contribution in [0.25, 0.3) is 0 Å². The van der Waals surface area contributed by atoms with E-state index in [2.05, 4.69) is 39.4 Å². The molecule has 8 heteroatoms. The summed E-state index contributed by atoms with van der Waals surface area (Å²) >= 11 is 0. The van der Waals surface area contributed by atoms with E-state index in [-0.39, 0.29) is 6.61 Å². The molecular formula is C24H28N4O4. The van der Waals surface area contributed by atoms with Crippen molar-refractivity contribution >= 4 is 0 Å². The maximum absolute atomic E-state index is 9.76. The number of benzene rings is 1. The van der Waals surface area contributed by atoms with Crippen molar-refractivity contribution in [3.63, 3.8) is 0 Å². The summed E-state index contributed by atoms with van der Waals surface area (Å²) in [5.74, 6) is 8.28. The Balaban J connectivity index is 1.30. The van der Waals surface area contributed by atoms with E-state index in [0.29, 0.717) is 42.2 Å². The van der Waals surface area contributed by atoms with Gasteiger partial charge in [0.25, 0.3) is 0 Å². The van der Waals surface area contributed by atoms with Crippen molar-refractivity contribution in [3.8, 4) is 11.8 Å². The topological polar surface area (TPSA) is 117 Å². The summed E-state index contributed by atoms with van der Waals surface area (Å²) in [6, 6.07) is 10.0. The number of hydrogen-bond acceptors (Lipinski definition) is 7. The minimum atomic E-state index is -0.696. The standard InChI is InChI=1S/C24H28N4O4/c1-16(30)24-26-8-9-28(24)14-20-11-22(32-27-20)7-4-17-2-5-18(6-3-17)23-10-19(23)12-25-13-21(31)15-29/h2-3,5-6,8-9,11,16,19,21,23,25,29-31H,10,12-15H2,1H3/t16-,19?,21?,23?/m0/s1. The van der Waals surface area contributed by atoms with Crippen molar-refractivity contribution in [2.24, 2.45) is 5.92 Å². The lowest BCUT2D eigenvalue weighted by Crippen LogP contribution is -2.30. The third-order valence-electron chi connectivity index (χ3n) is 5.60. The van der Waals surface area contributed by atoms with Gasteiger partial charge < -0.3 is 29.7 Å². The third-order valence-corrected chi connectivity index (χ3v) is 5.60. The molecule has 3 aromatic rings. The second kappa shape index (κ2) is 10.1. The van der Waals surface area contributed by atoms with Gasteiger partial charge in [-0.25, -0.2) is 4.98 Å². The number of aromatic nitrogens is 3. The van der Waals surface area contributed by atoms with Gasteiger partial charge in [0, 0.05) is 30.6 Å². The zero-order valence-corrected chi connectivity index (χ0v) is 18.0. The number of nitrogens with zero attached hydrogens (tertiary/aromatic N) is 3. The molecule has 0 spiro atoms. The van der Waals surface area contributed by atoms with Crippen LogP contribution in [0.2, 0.25) is 0 Å². The lowest BCUT2D eigenvalue weighted by Gasteiger charge is -2.08. The monoisotopic (exact) mass is 436 g/mol. The fourth-order valence-corrected chi connectivity index (χ4v) is 3.77. The van der Waals surface area contributed by atoms with Crippen molar-refractivity contribution in [3.05, 3.63) is 71.1 Å². The average Bonchev–Trinajstić information content (AvgIpc) is 3.18. The summed E-state index contributed by atoms with van der Waals surface area (Å²) < 4.78 is 7.15. The highest BCUT2D eigenvalue weighted by Gasteiger charge is 2.37. The van der Waals surface area contributed by atoms with Crippen LogP contribution in [-0.4, -0.2) is 55.8 Å². The van der Waals surface area contributed by atoms with Crippen LogP contribution in [0.15, 0.2) is 47.2 Å². The van der Waals surface area contributed by atoms with Crippen molar-refractivity contribution in [1.82, 2.24) is 20.0 Å². The Bertz CT molecular complexity index is 1080. The first-order valence-corrected chi connectivity index (χ1v) is 10.8. The molecule has 1 fully saturated rings. The Morgan fingerprint density at radius 2 is 2.06 bits per heavy atom. The first-order chi connectivity index (χ1) is 15.5. The Morgan fingerprint density at radius 3 is 2.81 bits per heavy atom. The van der Waals surface area contributed by atoms with Gasteiger partial charge in [0.15, 0.2) is 0 Å². The minimum Gasteiger partial charge on any atom is -0.394 e. The average molecular weight is 437 g/mol. The molecule has 0 radical (unpaired) electrons. The van der Waals surface area contributed by atoms with Gasteiger partial charge in [0.1, 0.15) is 17.6 Å². The lowest BCUT2D eigenvalue weighted by atomic mass is 10.1. The molecule has 4 rings (SSSR count). The Morgan fingerprint density at radius 1 is 1.25 bits per heavy atom. The maximum atomic E-state index is 9.76. The summed E-state index contributed by atoms with van der Waals surface area (Å²) in [5, 5.41) is 35.2. The van der Waals surface area contributed by atoms with E-state index in [9.17, 15) is 10.2 Å². The highest BCUT2D eigenvalue weighted by Crippen LogP contribution is 2.46. The highest BCUT2D eigenvalue weighted by molar-refractivity contribution is 5.42. The van der Waals surface area contributed by atoms with Crippen LogP contribution < -0.4 is 5.32 Å². The predicted octanol–water partition coefficient (Wildman–Crippen LogP) is 1.42. The molecule has 168 valence electrons. The van der Waals surface area contributed by atoms with Crippen LogP contribution in [-0.2, 0) is 6.54 Å². The van der Waals surface area contributed by atoms with E-state index in [1.54, 1.807) is 25.4 Å². The zero-order valence-electron chi connectivity index (χ0n) is 18.0. The van der Waals surface area contributed by atoms with Gasteiger partial charge in [-0.05, 0) is 55.3 Å². The first-order valence-electron chi connectivity index (χ1n) is 10.8.